The Morgan fingerprint density at radius 2 is 2.08 bits per heavy atom. The number of hydrogen-bond donors (Lipinski definition) is 0. The molecule has 1 aromatic carbocycles. The van der Waals surface area contributed by atoms with Gasteiger partial charge in [-0.3, -0.25) is 0 Å². The fourth-order valence-corrected chi connectivity index (χ4v) is 2.50. The number of fused-ring (bicyclic) bond motifs is 1. The summed E-state index contributed by atoms with van der Waals surface area (Å²) in [5.74, 6) is 1.37. The van der Waals surface area contributed by atoms with Crippen molar-refractivity contribution < 1.29 is 0 Å². The molecule has 1 aromatic rings. The van der Waals surface area contributed by atoms with Gasteiger partial charge < -0.3 is 0 Å². The van der Waals surface area contributed by atoms with Gasteiger partial charge in [-0.2, -0.15) is 0 Å². The van der Waals surface area contributed by atoms with Crippen LogP contribution in [-0.4, -0.2) is 5.88 Å². The minimum Gasteiger partial charge on any atom is -0.126 e. The minimum atomic E-state index is 0.598. The Balaban J connectivity index is 2.35. The van der Waals surface area contributed by atoms with Crippen molar-refractivity contribution >= 4 is 11.6 Å². The van der Waals surface area contributed by atoms with Gasteiger partial charge in [-0.05, 0) is 36.3 Å². The molecule has 2 rings (SSSR count). The standard InChI is InChI=1S/C12H15Cl/c13-9-11-7-2-1-5-10-6-3-4-8-12(10)11/h3-4,6,8,11H,1-2,5,7,9H2. The normalized spacial score (nSPS) is 22.1. The van der Waals surface area contributed by atoms with Crippen molar-refractivity contribution in [3.8, 4) is 0 Å². The number of rotatable bonds is 1. The summed E-state index contributed by atoms with van der Waals surface area (Å²) in [5, 5.41) is 0. The third kappa shape index (κ3) is 1.88. The van der Waals surface area contributed by atoms with Crippen LogP contribution in [0.3, 0.4) is 0 Å². The van der Waals surface area contributed by atoms with Crippen LogP contribution in [0.4, 0.5) is 0 Å². The first-order valence-electron chi connectivity index (χ1n) is 5.05. The predicted molar refractivity (Wildman–Crippen MR) is 57.5 cm³/mol. The summed E-state index contributed by atoms with van der Waals surface area (Å²) in [6, 6.07) is 8.76. The van der Waals surface area contributed by atoms with Crippen molar-refractivity contribution in [3.05, 3.63) is 35.4 Å². The zero-order chi connectivity index (χ0) is 9.10. The maximum absolute atomic E-state index is 5.98. The van der Waals surface area contributed by atoms with Crippen molar-refractivity contribution in [2.45, 2.75) is 31.6 Å². The van der Waals surface area contributed by atoms with Crippen LogP contribution < -0.4 is 0 Å². The Morgan fingerprint density at radius 3 is 2.92 bits per heavy atom. The molecule has 0 fully saturated rings. The van der Waals surface area contributed by atoms with E-state index in [0.717, 1.165) is 5.88 Å². The van der Waals surface area contributed by atoms with E-state index in [4.69, 9.17) is 11.6 Å². The predicted octanol–water partition coefficient (Wildman–Crippen LogP) is 3.74. The van der Waals surface area contributed by atoms with Gasteiger partial charge in [0, 0.05) is 5.88 Å². The summed E-state index contributed by atoms with van der Waals surface area (Å²) in [6.07, 6.45) is 5.15. The second kappa shape index (κ2) is 4.15. The number of hydrogen-bond acceptors (Lipinski definition) is 0. The first-order chi connectivity index (χ1) is 6.42. The Kier molecular flexibility index (Phi) is 2.90. The summed E-state index contributed by atoms with van der Waals surface area (Å²) >= 11 is 5.98. The Labute approximate surface area is 84.9 Å². The lowest BCUT2D eigenvalue weighted by Gasteiger charge is -2.13. The largest absolute Gasteiger partial charge is 0.126 e. The smallest absolute Gasteiger partial charge is 0.0292 e. The van der Waals surface area contributed by atoms with Crippen LogP contribution in [0.1, 0.15) is 36.3 Å². The number of benzene rings is 1. The average Bonchev–Trinajstić information content (AvgIpc) is 2.39. The van der Waals surface area contributed by atoms with E-state index in [1.54, 1.807) is 0 Å². The van der Waals surface area contributed by atoms with E-state index in [-0.39, 0.29) is 0 Å². The molecule has 0 saturated carbocycles. The summed E-state index contributed by atoms with van der Waals surface area (Å²) in [5.41, 5.74) is 3.01. The van der Waals surface area contributed by atoms with Crippen LogP contribution in [-0.2, 0) is 6.42 Å². The molecule has 0 nitrogen and oxygen atoms in total. The highest BCUT2D eigenvalue weighted by Gasteiger charge is 2.16. The van der Waals surface area contributed by atoms with E-state index < -0.39 is 0 Å². The second-order valence-corrected chi connectivity index (χ2v) is 4.10. The summed E-state index contributed by atoms with van der Waals surface area (Å²) in [6.45, 7) is 0. The van der Waals surface area contributed by atoms with Crippen LogP contribution in [0.5, 0.6) is 0 Å². The maximum atomic E-state index is 5.98. The van der Waals surface area contributed by atoms with Gasteiger partial charge in [-0.15, -0.1) is 11.6 Å². The fraction of sp³-hybridized carbons (Fsp3) is 0.500. The highest BCUT2D eigenvalue weighted by atomic mass is 35.5. The molecule has 0 bridgehead atoms. The van der Waals surface area contributed by atoms with Crippen molar-refractivity contribution in [2.24, 2.45) is 0 Å². The van der Waals surface area contributed by atoms with Gasteiger partial charge in [0.2, 0.25) is 0 Å². The molecule has 70 valence electrons. The zero-order valence-electron chi connectivity index (χ0n) is 7.80. The lowest BCUT2D eigenvalue weighted by atomic mass is 9.94. The molecular formula is C12H15Cl. The molecule has 0 spiro atoms. The molecule has 0 saturated heterocycles. The SMILES string of the molecule is ClCC1CCCCc2ccccc21. The topological polar surface area (TPSA) is 0 Å². The van der Waals surface area contributed by atoms with E-state index in [1.165, 1.54) is 36.8 Å². The molecule has 1 unspecified atom stereocenters. The minimum absolute atomic E-state index is 0.598. The first kappa shape index (κ1) is 9.08. The van der Waals surface area contributed by atoms with Gasteiger partial charge in [-0.1, -0.05) is 30.7 Å². The van der Waals surface area contributed by atoms with E-state index in [2.05, 4.69) is 24.3 Å². The number of halogens is 1. The van der Waals surface area contributed by atoms with E-state index in [9.17, 15) is 0 Å². The summed E-state index contributed by atoms with van der Waals surface area (Å²) in [4.78, 5) is 0. The molecule has 0 radical (unpaired) electrons. The number of aryl methyl sites for hydroxylation is 1. The van der Waals surface area contributed by atoms with Gasteiger partial charge in [0.1, 0.15) is 0 Å². The van der Waals surface area contributed by atoms with Crippen LogP contribution in [0.25, 0.3) is 0 Å². The molecule has 0 amide bonds. The van der Waals surface area contributed by atoms with Crippen LogP contribution >= 0.6 is 11.6 Å². The van der Waals surface area contributed by atoms with Crippen LogP contribution in [0.2, 0.25) is 0 Å². The first-order valence-corrected chi connectivity index (χ1v) is 5.59. The molecule has 0 N–H and O–H groups in total. The molecule has 1 atom stereocenters. The number of alkyl halides is 1. The van der Waals surface area contributed by atoms with Crippen molar-refractivity contribution in [3.63, 3.8) is 0 Å². The van der Waals surface area contributed by atoms with E-state index >= 15 is 0 Å². The van der Waals surface area contributed by atoms with Gasteiger partial charge in [0.25, 0.3) is 0 Å². The van der Waals surface area contributed by atoms with E-state index in [0.29, 0.717) is 5.92 Å². The lowest BCUT2D eigenvalue weighted by molar-refractivity contribution is 0.639. The fourth-order valence-electron chi connectivity index (χ4n) is 2.18. The molecule has 1 aliphatic carbocycles. The summed E-state index contributed by atoms with van der Waals surface area (Å²) in [7, 11) is 0. The zero-order valence-corrected chi connectivity index (χ0v) is 8.56. The van der Waals surface area contributed by atoms with Gasteiger partial charge in [0.15, 0.2) is 0 Å². The van der Waals surface area contributed by atoms with E-state index in [1.807, 2.05) is 0 Å². The third-order valence-corrected chi connectivity index (χ3v) is 3.30. The Hall–Kier alpha value is -0.490. The Bertz CT molecular complexity index is 280. The van der Waals surface area contributed by atoms with Crippen LogP contribution in [0, 0.1) is 0 Å². The molecular weight excluding hydrogens is 180 g/mol. The van der Waals surface area contributed by atoms with Crippen molar-refractivity contribution in [2.75, 3.05) is 5.88 Å². The molecule has 0 aliphatic heterocycles. The molecule has 13 heavy (non-hydrogen) atoms. The monoisotopic (exact) mass is 194 g/mol. The third-order valence-electron chi connectivity index (χ3n) is 2.93. The van der Waals surface area contributed by atoms with Gasteiger partial charge in [-0.25, -0.2) is 0 Å². The molecule has 1 heteroatoms. The highest BCUT2D eigenvalue weighted by molar-refractivity contribution is 6.18. The lowest BCUT2D eigenvalue weighted by Crippen LogP contribution is -2.00. The van der Waals surface area contributed by atoms with Crippen LogP contribution in [0.15, 0.2) is 24.3 Å². The summed E-state index contributed by atoms with van der Waals surface area (Å²) < 4.78 is 0. The maximum Gasteiger partial charge on any atom is 0.0292 e. The molecule has 0 heterocycles. The second-order valence-electron chi connectivity index (χ2n) is 3.80. The van der Waals surface area contributed by atoms with Crippen molar-refractivity contribution in [1.82, 2.24) is 0 Å². The quantitative estimate of drug-likeness (QED) is 0.472. The molecule has 0 aromatic heterocycles. The highest BCUT2D eigenvalue weighted by Crippen LogP contribution is 2.30. The Morgan fingerprint density at radius 1 is 1.23 bits per heavy atom. The van der Waals surface area contributed by atoms with Gasteiger partial charge >= 0.3 is 0 Å². The van der Waals surface area contributed by atoms with Crippen molar-refractivity contribution in [1.29, 1.82) is 0 Å². The van der Waals surface area contributed by atoms with Gasteiger partial charge in [0.05, 0.1) is 0 Å². The average molecular weight is 195 g/mol. The molecule has 1 aliphatic rings.